The molecular weight excluding hydrogens is 190 g/mol. The van der Waals surface area contributed by atoms with Gasteiger partial charge < -0.3 is 14.7 Å². The molecule has 0 spiro atoms. The van der Waals surface area contributed by atoms with Gasteiger partial charge in [-0.1, -0.05) is 0 Å². The Kier molecular flexibility index (Phi) is 3.06. The predicted octanol–water partition coefficient (Wildman–Crippen LogP) is -0.272. The summed E-state index contributed by atoms with van der Waals surface area (Å²) in [6.07, 6.45) is -1.30. The fourth-order valence-electron chi connectivity index (χ4n) is 1.20. The molecule has 1 rings (SSSR count). The quantitative estimate of drug-likeness (QED) is 0.501. The Balaban J connectivity index is 2.29. The number of likely N-dealkylation sites (tertiary alicyclic amines) is 1. The van der Waals surface area contributed by atoms with E-state index < -0.39 is 12.1 Å². The molecule has 0 saturated carbocycles. The Morgan fingerprint density at radius 3 is 2.43 bits per heavy atom. The maximum atomic E-state index is 11.2. The van der Waals surface area contributed by atoms with E-state index in [0.29, 0.717) is 0 Å². The summed E-state index contributed by atoms with van der Waals surface area (Å²) < 4.78 is 4.32. The summed E-state index contributed by atoms with van der Waals surface area (Å²) in [6, 6.07) is 0. The number of amides is 1. The first-order chi connectivity index (χ1) is 6.54. The number of ketones is 1. The summed E-state index contributed by atoms with van der Waals surface area (Å²) in [5.74, 6) is -1.18. The smallest absolute Gasteiger partial charge is 0.407 e. The van der Waals surface area contributed by atoms with Crippen LogP contribution >= 0.6 is 0 Å². The molecule has 0 atom stereocenters. The molecule has 14 heavy (non-hydrogen) atoms. The first kappa shape index (κ1) is 10.5. The molecule has 1 aliphatic rings. The van der Waals surface area contributed by atoms with Gasteiger partial charge in [-0.05, 0) is 0 Å². The van der Waals surface area contributed by atoms with E-state index in [1.807, 2.05) is 0 Å². The second-order valence-electron chi connectivity index (χ2n) is 3.10. The zero-order valence-electron chi connectivity index (χ0n) is 7.73. The number of methoxy groups -OCH3 is 1. The molecule has 0 unspecified atom stereocenters. The lowest BCUT2D eigenvalue weighted by atomic mass is 9.94. The zero-order chi connectivity index (χ0) is 10.7. The largest absolute Gasteiger partial charge is 0.469 e. The molecule has 1 heterocycles. The summed E-state index contributed by atoms with van der Waals surface area (Å²) >= 11 is 0. The predicted molar refractivity (Wildman–Crippen MR) is 44.7 cm³/mol. The van der Waals surface area contributed by atoms with Crippen LogP contribution in [0.5, 0.6) is 0 Å². The number of rotatable bonds is 3. The van der Waals surface area contributed by atoms with Crippen LogP contribution in [0.3, 0.4) is 0 Å². The third kappa shape index (κ3) is 2.21. The van der Waals surface area contributed by atoms with Crippen LogP contribution in [-0.4, -0.2) is 48.1 Å². The van der Waals surface area contributed by atoms with Gasteiger partial charge in [0.2, 0.25) is 0 Å². The highest BCUT2D eigenvalue weighted by Crippen LogP contribution is 2.17. The van der Waals surface area contributed by atoms with E-state index >= 15 is 0 Å². The Bertz CT molecular complexity index is 269. The molecule has 1 saturated heterocycles. The van der Waals surface area contributed by atoms with Crippen molar-refractivity contribution < 1.29 is 24.2 Å². The van der Waals surface area contributed by atoms with E-state index in [-0.39, 0.29) is 31.2 Å². The maximum absolute atomic E-state index is 11.2. The molecule has 0 radical (unpaired) electrons. The minimum atomic E-state index is -1.04. The van der Waals surface area contributed by atoms with Crippen LogP contribution in [0.25, 0.3) is 0 Å². The monoisotopic (exact) mass is 201 g/mol. The highest BCUT2D eigenvalue weighted by molar-refractivity contribution is 5.97. The van der Waals surface area contributed by atoms with Gasteiger partial charge in [0.1, 0.15) is 6.42 Å². The number of nitrogens with zero attached hydrogens (tertiary/aromatic N) is 1. The van der Waals surface area contributed by atoms with Crippen LogP contribution < -0.4 is 0 Å². The number of carbonyl (C=O) groups is 3. The standard InChI is InChI=1S/C8H11NO5/c1-14-7(11)2-6(10)5-3-9(4-5)8(12)13/h5H,2-4H2,1H3,(H,12,13). The molecule has 78 valence electrons. The van der Waals surface area contributed by atoms with Crippen molar-refractivity contribution in [2.75, 3.05) is 20.2 Å². The molecule has 0 aromatic heterocycles. The maximum Gasteiger partial charge on any atom is 0.407 e. The van der Waals surface area contributed by atoms with Crippen molar-refractivity contribution in [2.24, 2.45) is 5.92 Å². The topological polar surface area (TPSA) is 83.9 Å². The van der Waals surface area contributed by atoms with Gasteiger partial charge in [-0.3, -0.25) is 9.59 Å². The highest BCUT2D eigenvalue weighted by Gasteiger charge is 2.36. The van der Waals surface area contributed by atoms with Crippen LogP contribution in [0.4, 0.5) is 4.79 Å². The number of hydrogen-bond donors (Lipinski definition) is 1. The van der Waals surface area contributed by atoms with Crippen molar-refractivity contribution in [3.63, 3.8) is 0 Å². The molecule has 0 bridgehead atoms. The van der Waals surface area contributed by atoms with Gasteiger partial charge in [0, 0.05) is 13.1 Å². The van der Waals surface area contributed by atoms with Crippen molar-refractivity contribution in [1.29, 1.82) is 0 Å². The fourth-order valence-corrected chi connectivity index (χ4v) is 1.20. The normalized spacial score (nSPS) is 15.9. The van der Waals surface area contributed by atoms with Gasteiger partial charge in [-0.15, -0.1) is 0 Å². The summed E-state index contributed by atoms with van der Waals surface area (Å²) in [5, 5.41) is 8.48. The van der Waals surface area contributed by atoms with Crippen molar-refractivity contribution in [3.05, 3.63) is 0 Å². The van der Waals surface area contributed by atoms with E-state index in [2.05, 4.69) is 4.74 Å². The minimum Gasteiger partial charge on any atom is -0.469 e. The lowest BCUT2D eigenvalue weighted by molar-refractivity contribution is -0.145. The molecule has 0 aromatic rings. The highest BCUT2D eigenvalue weighted by atomic mass is 16.5. The molecule has 0 aromatic carbocycles. The van der Waals surface area contributed by atoms with Crippen molar-refractivity contribution >= 4 is 17.8 Å². The summed E-state index contributed by atoms with van der Waals surface area (Å²) in [5.41, 5.74) is 0. The van der Waals surface area contributed by atoms with Crippen LogP contribution in [0.2, 0.25) is 0 Å². The van der Waals surface area contributed by atoms with Gasteiger partial charge in [0.25, 0.3) is 0 Å². The SMILES string of the molecule is COC(=O)CC(=O)C1CN(C(=O)O)C1. The second-order valence-corrected chi connectivity index (χ2v) is 3.10. The van der Waals surface area contributed by atoms with Gasteiger partial charge in [0.15, 0.2) is 5.78 Å². The van der Waals surface area contributed by atoms with Crippen molar-refractivity contribution in [3.8, 4) is 0 Å². The number of esters is 1. The zero-order valence-corrected chi connectivity index (χ0v) is 7.73. The number of ether oxygens (including phenoxy) is 1. The molecule has 1 N–H and O–H groups in total. The summed E-state index contributed by atoms with van der Waals surface area (Å²) in [4.78, 5) is 33.4. The molecule has 0 aliphatic carbocycles. The lowest BCUT2D eigenvalue weighted by Gasteiger charge is -2.35. The van der Waals surface area contributed by atoms with Crippen molar-refractivity contribution in [1.82, 2.24) is 4.90 Å². The summed E-state index contributed by atoms with van der Waals surface area (Å²) in [7, 11) is 1.21. The first-order valence-electron chi connectivity index (χ1n) is 4.12. The van der Waals surface area contributed by atoms with E-state index in [0.717, 1.165) is 4.90 Å². The minimum absolute atomic E-state index is 0.186. The molecule has 6 heteroatoms. The molecule has 1 aliphatic heterocycles. The molecular formula is C8H11NO5. The number of carboxylic acid groups (broad SMARTS) is 1. The molecule has 6 nitrogen and oxygen atoms in total. The fraction of sp³-hybridized carbons (Fsp3) is 0.625. The van der Waals surface area contributed by atoms with Crippen LogP contribution in [-0.2, 0) is 14.3 Å². The van der Waals surface area contributed by atoms with E-state index in [1.165, 1.54) is 7.11 Å². The van der Waals surface area contributed by atoms with Crippen LogP contribution in [0, 0.1) is 5.92 Å². The number of hydrogen-bond acceptors (Lipinski definition) is 4. The van der Waals surface area contributed by atoms with Crippen LogP contribution in [0.15, 0.2) is 0 Å². The van der Waals surface area contributed by atoms with Crippen LogP contribution in [0.1, 0.15) is 6.42 Å². The summed E-state index contributed by atoms with van der Waals surface area (Å²) in [6.45, 7) is 0.371. The Hall–Kier alpha value is -1.59. The number of carbonyl (C=O) groups excluding carboxylic acids is 2. The van der Waals surface area contributed by atoms with E-state index in [1.54, 1.807) is 0 Å². The molecule has 1 amide bonds. The Morgan fingerprint density at radius 1 is 1.43 bits per heavy atom. The van der Waals surface area contributed by atoms with Gasteiger partial charge >= 0.3 is 12.1 Å². The lowest BCUT2D eigenvalue weighted by Crippen LogP contribution is -2.52. The Labute approximate surface area is 80.4 Å². The molecule has 1 fully saturated rings. The van der Waals surface area contributed by atoms with Gasteiger partial charge in [0.05, 0.1) is 13.0 Å². The average molecular weight is 201 g/mol. The third-order valence-corrected chi connectivity index (χ3v) is 2.15. The van der Waals surface area contributed by atoms with Crippen molar-refractivity contribution in [2.45, 2.75) is 6.42 Å². The van der Waals surface area contributed by atoms with Gasteiger partial charge in [-0.2, -0.15) is 0 Å². The van der Waals surface area contributed by atoms with E-state index in [4.69, 9.17) is 5.11 Å². The number of Topliss-reactive ketones (excluding diaryl/α,β-unsaturated/α-hetero) is 1. The first-order valence-corrected chi connectivity index (χ1v) is 4.12. The second kappa shape index (κ2) is 4.08. The Morgan fingerprint density at radius 2 is 2.00 bits per heavy atom. The van der Waals surface area contributed by atoms with Gasteiger partial charge in [-0.25, -0.2) is 4.79 Å². The van der Waals surface area contributed by atoms with E-state index in [9.17, 15) is 14.4 Å². The third-order valence-electron chi connectivity index (χ3n) is 2.15. The average Bonchev–Trinajstić information content (AvgIpc) is 2.00.